The molecule has 0 amide bonds. The van der Waals surface area contributed by atoms with E-state index < -0.39 is 5.97 Å². The number of para-hydroxylation sites is 1. The molecule has 0 unspecified atom stereocenters. The second-order valence-corrected chi connectivity index (χ2v) is 2.74. The molecule has 0 radical (unpaired) electrons. The summed E-state index contributed by atoms with van der Waals surface area (Å²) in [5.41, 5.74) is 5.76. The molecule has 1 aromatic carbocycles. The van der Waals surface area contributed by atoms with Gasteiger partial charge >= 0.3 is 5.97 Å². The van der Waals surface area contributed by atoms with Gasteiger partial charge in [-0.15, -0.1) is 0 Å². The van der Waals surface area contributed by atoms with E-state index in [1.165, 1.54) is 12.1 Å². The molecule has 1 rings (SSSR count). The van der Waals surface area contributed by atoms with Gasteiger partial charge in [-0.05, 0) is 12.1 Å². The van der Waals surface area contributed by atoms with Gasteiger partial charge in [-0.1, -0.05) is 18.2 Å². The van der Waals surface area contributed by atoms with Crippen LogP contribution < -0.4 is 5.73 Å². The van der Waals surface area contributed by atoms with Crippen LogP contribution in [-0.4, -0.2) is 22.7 Å². The Hall–Kier alpha value is -1.81. The molecule has 0 aliphatic rings. The van der Waals surface area contributed by atoms with Gasteiger partial charge < -0.3 is 15.9 Å². The van der Waals surface area contributed by atoms with Crippen LogP contribution in [0.4, 0.5) is 0 Å². The van der Waals surface area contributed by atoms with Gasteiger partial charge in [-0.25, -0.2) is 4.79 Å². The van der Waals surface area contributed by atoms with Crippen molar-refractivity contribution in [2.75, 3.05) is 6.54 Å². The molecule has 0 spiro atoms. The molecule has 74 valence electrons. The number of hydrogen-bond acceptors (Lipinski definition) is 3. The summed E-state index contributed by atoms with van der Waals surface area (Å²) >= 11 is 0. The van der Waals surface area contributed by atoms with Gasteiger partial charge in [0.2, 0.25) is 0 Å². The SMILES string of the molecule is NC/C(=C/c1ccccc1O)C(=O)O. The third-order valence-electron chi connectivity index (χ3n) is 1.76. The average molecular weight is 193 g/mol. The van der Waals surface area contributed by atoms with Crippen molar-refractivity contribution in [3.63, 3.8) is 0 Å². The summed E-state index contributed by atoms with van der Waals surface area (Å²) < 4.78 is 0. The number of phenols is 1. The lowest BCUT2D eigenvalue weighted by Crippen LogP contribution is -2.11. The number of carboxylic acids is 1. The Morgan fingerprint density at radius 1 is 1.43 bits per heavy atom. The first-order valence-corrected chi connectivity index (χ1v) is 4.07. The summed E-state index contributed by atoms with van der Waals surface area (Å²) in [6.45, 7) is -0.0658. The summed E-state index contributed by atoms with van der Waals surface area (Å²) in [5, 5.41) is 18.1. The maximum atomic E-state index is 10.6. The summed E-state index contributed by atoms with van der Waals surface area (Å²) in [5.74, 6) is -1.03. The molecule has 0 heterocycles. The maximum Gasteiger partial charge on any atom is 0.332 e. The molecular weight excluding hydrogens is 182 g/mol. The van der Waals surface area contributed by atoms with Crippen LogP contribution in [0.2, 0.25) is 0 Å². The molecule has 0 atom stereocenters. The van der Waals surface area contributed by atoms with E-state index in [4.69, 9.17) is 10.8 Å². The zero-order valence-electron chi connectivity index (χ0n) is 7.47. The molecule has 0 fully saturated rings. The number of hydrogen-bond donors (Lipinski definition) is 3. The van der Waals surface area contributed by atoms with Crippen molar-refractivity contribution in [3.05, 3.63) is 35.4 Å². The van der Waals surface area contributed by atoms with Crippen LogP contribution in [0.5, 0.6) is 5.75 Å². The predicted molar refractivity (Wildman–Crippen MR) is 52.8 cm³/mol. The van der Waals surface area contributed by atoms with Gasteiger partial charge in [0.05, 0.1) is 5.57 Å². The van der Waals surface area contributed by atoms with E-state index in [-0.39, 0.29) is 17.9 Å². The molecule has 4 nitrogen and oxygen atoms in total. The van der Waals surface area contributed by atoms with Crippen molar-refractivity contribution < 1.29 is 15.0 Å². The Balaban J connectivity index is 3.07. The lowest BCUT2D eigenvalue weighted by atomic mass is 10.1. The average Bonchev–Trinajstić information content (AvgIpc) is 2.16. The number of carbonyl (C=O) groups is 1. The van der Waals surface area contributed by atoms with Gasteiger partial charge in [0, 0.05) is 12.1 Å². The molecule has 0 aliphatic heterocycles. The van der Waals surface area contributed by atoms with E-state index >= 15 is 0 Å². The number of phenolic OH excluding ortho intramolecular Hbond substituents is 1. The van der Waals surface area contributed by atoms with E-state index in [1.54, 1.807) is 18.2 Å². The first kappa shape index (κ1) is 10.3. The standard InChI is InChI=1S/C10H11NO3/c11-6-8(10(13)14)5-7-3-1-2-4-9(7)12/h1-5,12H,6,11H2,(H,13,14)/b8-5-. The molecule has 0 aromatic heterocycles. The molecule has 4 heteroatoms. The van der Waals surface area contributed by atoms with Crippen molar-refractivity contribution in [1.82, 2.24) is 0 Å². The largest absolute Gasteiger partial charge is 0.507 e. The number of aliphatic carboxylic acids is 1. The van der Waals surface area contributed by atoms with Crippen molar-refractivity contribution in [3.8, 4) is 5.75 Å². The lowest BCUT2D eigenvalue weighted by molar-refractivity contribution is -0.132. The molecule has 14 heavy (non-hydrogen) atoms. The second kappa shape index (κ2) is 4.43. The first-order chi connectivity index (χ1) is 6.65. The fourth-order valence-corrected chi connectivity index (χ4v) is 1.01. The Bertz CT molecular complexity index is 371. The van der Waals surface area contributed by atoms with E-state index in [0.29, 0.717) is 5.56 Å². The summed E-state index contributed by atoms with van der Waals surface area (Å²) in [6, 6.07) is 6.48. The normalized spacial score (nSPS) is 11.4. The van der Waals surface area contributed by atoms with Crippen LogP contribution in [0.25, 0.3) is 6.08 Å². The van der Waals surface area contributed by atoms with Crippen molar-refractivity contribution in [2.45, 2.75) is 0 Å². The molecular formula is C10H11NO3. The number of nitrogens with two attached hydrogens (primary N) is 1. The van der Waals surface area contributed by atoms with Crippen LogP contribution in [0, 0.1) is 0 Å². The molecule has 0 aliphatic carbocycles. The molecule has 0 saturated heterocycles. The van der Waals surface area contributed by atoms with Crippen LogP contribution in [0.15, 0.2) is 29.8 Å². The predicted octanol–water partition coefficient (Wildman–Crippen LogP) is 0.819. The minimum Gasteiger partial charge on any atom is -0.507 e. The van der Waals surface area contributed by atoms with Gasteiger partial charge in [0.25, 0.3) is 0 Å². The Morgan fingerprint density at radius 2 is 2.07 bits per heavy atom. The van der Waals surface area contributed by atoms with Gasteiger partial charge in [0.15, 0.2) is 0 Å². The minimum absolute atomic E-state index is 0.0414. The quantitative estimate of drug-likeness (QED) is 0.620. The Kier molecular flexibility index (Phi) is 3.25. The Morgan fingerprint density at radius 3 is 2.57 bits per heavy atom. The van der Waals surface area contributed by atoms with Crippen molar-refractivity contribution >= 4 is 12.0 Å². The fourth-order valence-electron chi connectivity index (χ4n) is 1.01. The number of aromatic hydroxyl groups is 1. The minimum atomic E-state index is -1.07. The smallest absolute Gasteiger partial charge is 0.332 e. The second-order valence-electron chi connectivity index (χ2n) is 2.74. The van der Waals surface area contributed by atoms with Crippen molar-refractivity contribution in [1.29, 1.82) is 0 Å². The zero-order valence-corrected chi connectivity index (χ0v) is 7.47. The lowest BCUT2D eigenvalue weighted by Gasteiger charge is -2.00. The third-order valence-corrected chi connectivity index (χ3v) is 1.76. The highest BCUT2D eigenvalue weighted by molar-refractivity contribution is 5.93. The molecule has 0 saturated carbocycles. The highest BCUT2D eigenvalue weighted by atomic mass is 16.4. The number of benzene rings is 1. The third kappa shape index (κ3) is 2.34. The maximum absolute atomic E-state index is 10.6. The first-order valence-electron chi connectivity index (χ1n) is 4.07. The number of rotatable bonds is 3. The molecule has 1 aromatic rings. The monoisotopic (exact) mass is 193 g/mol. The van der Waals surface area contributed by atoms with Gasteiger partial charge in [0.1, 0.15) is 5.75 Å². The van der Waals surface area contributed by atoms with Crippen LogP contribution in [0.1, 0.15) is 5.56 Å². The molecule has 0 bridgehead atoms. The van der Waals surface area contributed by atoms with E-state index in [2.05, 4.69) is 0 Å². The van der Waals surface area contributed by atoms with E-state index in [1.807, 2.05) is 0 Å². The van der Waals surface area contributed by atoms with Crippen LogP contribution in [-0.2, 0) is 4.79 Å². The van der Waals surface area contributed by atoms with Gasteiger partial charge in [-0.3, -0.25) is 0 Å². The van der Waals surface area contributed by atoms with Crippen LogP contribution in [0.3, 0.4) is 0 Å². The van der Waals surface area contributed by atoms with Crippen LogP contribution >= 0.6 is 0 Å². The summed E-state index contributed by atoms with van der Waals surface area (Å²) in [6.07, 6.45) is 1.36. The number of carboxylic acid groups (broad SMARTS) is 1. The zero-order chi connectivity index (χ0) is 10.6. The van der Waals surface area contributed by atoms with E-state index in [0.717, 1.165) is 0 Å². The van der Waals surface area contributed by atoms with Gasteiger partial charge in [-0.2, -0.15) is 0 Å². The summed E-state index contributed by atoms with van der Waals surface area (Å²) in [4.78, 5) is 10.6. The van der Waals surface area contributed by atoms with Crippen molar-refractivity contribution in [2.24, 2.45) is 5.73 Å². The summed E-state index contributed by atoms with van der Waals surface area (Å²) in [7, 11) is 0. The highest BCUT2D eigenvalue weighted by Crippen LogP contribution is 2.18. The highest BCUT2D eigenvalue weighted by Gasteiger charge is 2.05. The molecule has 4 N–H and O–H groups in total. The topological polar surface area (TPSA) is 83.5 Å². The fraction of sp³-hybridized carbons (Fsp3) is 0.100. The Labute approximate surface area is 81.3 Å². The van der Waals surface area contributed by atoms with E-state index in [9.17, 15) is 9.90 Å².